The number of methoxy groups -OCH3 is 1. The van der Waals surface area contributed by atoms with Crippen LogP contribution >= 0.6 is 0 Å². The predicted molar refractivity (Wildman–Crippen MR) is 118 cm³/mol. The first-order valence-electron chi connectivity index (χ1n) is 10.4. The molecule has 6 nitrogen and oxygen atoms in total. The second-order valence-electron chi connectivity index (χ2n) is 7.86. The number of likely N-dealkylation sites (N-methyl/N-ethyl adjacent to an activating group) is 1. The summed E-state index contributed by atoms with van der Waals surface area (Å²) in [4.78, 5) is 15.5. The number of aromatic nitrogens is 2. The number of nitrogens with one attached hydrogen (secondary N) is 1. The zero-order valence-corrected chi connectivity index (χ0v) is 17.7. The lowest BCUT2D eigenvalue weighted by molar-refractivity contribution is 0.0940. The highest BCUT2D eigenvalue weighted by atomic mass is 16.5. The van der Waals surface area contributed by atoms with E-state index in [0.29, 0.717) is 23.8 Å². The summed E-state index contributed by atoms with van der Waals surface area (Å²) in [5.74, 6) is 0.610. The van der Waals surface area contributed by atoms with Gasteiger partial charge < -0.3 is 10.1 Å². The Morgan fingerprint density at radius 3 is 2.70 bits per heavy atom. The van der Waals surface area contributed by atoms with Crippen LogP contribution in [0.5, 0.6) is 5.75 Å². The van der Waals surface area contributed by atoms with Gasteiger partial charge in [0.05, 0.1) is 18.4 Å². The molecule has 6 heteroatoms. The van der Waals surface area contributed by atoms with Crippen molar-refractivity contribution in [1.82, 2.24) is 20.0 Å². The Bertz CT molecular complexity index is 1010. The molecule has 0 radical (unpaired) electrons. The van der Waals surface area contributed by atoms with Crippen molar-refractivity contribution >= 4 is 5.91 Å². The minimum atomic E-state index is -0.119. The van der Waals surface area contributed by atoms with Gasteiger partial charge in [-0.3, -0.25) is 9.69 Å². The highest BCUT2D eigenvalue weighted by Crippen LogP contribution is 2.28. The summed E-state index contributed by atoms with van der Waals surface area (Å²) >= 11 is 0. The van der Waals surface area contributed by atoms with Crippen LogP contribution in [0, 0.1) is 0 Å². The first-order valence-corrected chi connectivity index (χ1v) is 10.4. The van der Waals surface area contributed by atoms with E-state index in [0.717, 1.165) is 17.0 Å². The summed E-state index contributed by atoms with van der Waals surface area (Å²) in [6, 6.07) is 18.4. The molecule has 3 aromatic rings. The third-order valence-electron chi connectivity index (χ3n) is 5.70. The smallest absolute Gasteiger partial charge is 0.255 e. The van der Waals surface area contributed by atoms with E-state index in [4.69, 9.17) is 9.84 Å². The number of hydrogen-bond donors (Lipinski definition) is 1. The maximum atomic E-state index is 13.1. The number of benzene rings is 2. The SMILES string of the molecule is COc1cccc(-c2nn(-c3ccccc3)cc2C(=O)NCC(C)N(C)C2CC2)c1. The molecule has 1 aliphatic carbocycles. The standard InChI is InChI=1S/C24H28N4O2/c1-17(27(2)19-12-13-19)15-25-24(29)22-16-28(20-9-5-4-6-10-20)26-23(22)18-8-7-11-21(14-18)30-3/h4-11,14,16-17,19H,12-13,15H2,1-3H3,(H,25,29). The molecule has 1 atom stereocenters. The second-order valence-corrected chi connectivity index (χ2v) is 7.86. The summed E-state index contributed by atoms with van der Waals surface area (Å²) in [7, 11) is 3.76. The topological polar surface area (TPSA) is 59.4 Å². The van der Waals surface area contributed by atoms with Crippen LogP contribution < -0.4 is 10.1 Å². The van der Waals surface area contributed by atoms with E-state index >= 15 is 0 Å². The van der Waals surface area contributed by atoms with Gasteiger partial charge in [0, 0.05) is 30.4 Å². The van der Waals surface area contributed by atoms with Gasteiger partial charge >= 0.3 is 0 Å². The van der Waals surface area contributed by atoms with Crippen molar-refractivity contribution in [3.8, 4) is 22.7 Å². The van der Waals surface area contributed by atoms with Crippen molar-refractivity contribution in [3.05, 3.63) is 66.4 Å². The molecule has 0 spiro atoms. The number of carbonyl (C=O) groups excluding carboxylic acids is 1. The van der Waals surface area contributed by atoms with Gasteiger partial charge in [-0.15, -0.1) is 0 Å². The normalized spacial score (nSPS) is 14.5. The summed E-state index contributed by atoms with van der Waals surface area (Å²) in [5, 5.41) is 7.84. The second kappa shape index (κ2) is 8.71. The minimum absolute atomic E-state index is 0.119. The lowest BCUT2D eigenvalue weighted by Crippen LogP contribution is -2.41. The lowest BCUT2D eigenvalue weighted by atomic mass is 10.1. The largest absolute Gasteiger partial charge is 0.497 e. The highest BCUT2D eigenvalue weighted by Gasteiger charge is 2.29. The molecule has 0 aliphatic heterocycles. The molecule has 30 heavy (non-hydrogen) atoms. The van der Waals surface area contributed by atoms with Crippen LogP contribution in [-0.2, 0) is 0 Å². The van der Waals surface area contributed by atoms with Crippen LogP contribution in [0.3, 0.4) is 0 Å². The third kappa shape index (κ3) is 4.39. The van der Waals surface area contributed by atoms with Crippen LogP contribution in [0.4, 0.5) is 0 Å². The number of para-hydroxylation sites is 1. The number of rotatable bonds is 8. The van der Waals surface area contributed by atoms with Gasteiger partial charge in [-0.25, -0.2) is 4.68 Å². The number of hydrogen-bond acceptors (Lipinski definition) is 4. The zero-order chi connectivity index (χ0) is 21.1. The van der Waals surface area contributed by atoms with Gasteiger partial charge in [0.1, 0.15) is 11.4 Å². The first kappa shape index (κ1) is 20.2. The molecule has 1 aliphatic rings. The van der Waals surface area contributed by atoms with Crippen molar-refractivity contribution < 1.29 is 9.53 Å². The Morgan fingerprint density at radius 1 is 1.23 bits per heavy atom. The predicted octanol–water partition coefficient (Wildman–Crippen LogP) is 3.76. The van der Waals surface area contributed by atoms with Crippen molar-refractivity contribution in [1.29, 1.82) is 0 Å². The Labute approximate surface area is 177 Å². The fraction of sp³-hybridized carbons (Fsp3) is 0.333. The van der Waals surface area contributed by atoms with Gasteiger partial charge in [-0.05, 0) is 51.1 Å². The van der Waals surface area contributed by atoms with Crippen molar-refractivity contribution in [2.45, 2.75) is 31.8 Å². The average molecular weight is 405 g/mol. The molecule has 0 saturated heterocycles. The maximum Gasteiger partial charge on any atom is 0.255 e. The van der Waals surface area contributed by atoms with Crippen LogP contribution in [0.1, 0.15) is 30.1 Å². The fourth-order valence-corrected chi connectivity index (χ4v) is 3.56. The van der Waals surface area contributed by atoms with Crippen LogP contribution in [0.2, 0.25) is 0 Å². The molecular formula is C24H28N4O2. The molecule has 0 bridgehead atoms. The monoisotopic (exact) mass is 404 g/mol. The number of nitrogens with zero attached hydrogens (tertiary/aromatic N) is 3. The average Bonchev–Trinajstić information content (AvgIpc) is 3.55. The van der Waals surface area contributed by atoms with Crippen molar-refractivity contribution in [2.24, 2.45) is 0 Å². The van der Waals surface area contributed by atoms with E-state index in [1.807, 2.05) is 54.6 Å². The lowest BCUT2D eigenvalue weighted by Gasteiger charge is -2.24. The van der Waals surface area contributed by atoms with Gasteiger partial charge in [0.15, 0.2) is 0 Å². The van der Waals surface area contributed by atoms with E-state index in [-0.39, 0.29) is 11.9 Å². The molecule has 4 rings (SSSR count). The molecule has 1 N–H and O–H groups in total. The molecule has 156 valence electrons. The number of ether oxygens (including phenoxy) is 1. The Hall–Kier alpha value is -3.12. The van der Waals surface area contributed by atoms with E-state index < -0.39 is 0 Å². The Balaban J connectivity index is 1.62. The molecule has 1 fully saturated rings. The quantitative estimate of drug-likeness (QED) is 0.621. The van der Waals surface area contributed by atoms with E-state index in [9.17, 15) is 4.79 Å². The molecule has 1 unspecified atom stereocenters. The highest BCUT2D eigenvalue weighted by molar-refractivity contribution is 6.00. The molecule has 2 aromatic carbocycles. The van der Waals surface area contributed by atoms with Gasteiger partial charge in [0.25, 0.3) is 5.91 Å². The minimum Gasteiger partial charge on any atom is -0.497 e. The summed E-state index contributed by atoms with van der Waals surface area (Å²) in [6.07, 6.45) is 4.30. The third-order valence-corrected chi connectivity index (χ3v) is 5.70. The summed E-state index contributed by atoms with van der Waals surface area (Å²) in [5.41, 5.74) is 2.94. The Morgan fingerprint density at radius 2 is 2.00 bits per heavy atom. The first-order chi connectivity index (χ1) is 14.6. The van der Waals surface area contributed by atoms with E-state index in [2.05, 4.69) is 24.2 Å². The summed E-state index contributed by atoms with van der Waals surface area (Å²) < 4.78 is 7.11. The van der Waals surface area contributed by atoms with Crippen LogP contribution in [-0.4, -0.2) is 53.4 Å². The molecule has 1 heterocycles. The molecule has 1 aromatic heterocycles. The van der Waals surface area contributed by atoms with E-state index in [1.54, 1.807) is 18.0 Å². The molecule has 1 amide bonds. The fourth-order valence-electron chi connectivity index (χ4n) is 3.56. The zero-order valence-electron chi connectivity index (χ0n) is 17.7. The Kier molecular flexibility index (Phi) is 5.86. The van der Waals surface area contributed by atoms with Gasteiger partial charge in [-0.2, -0.15) is 5.10 Å². The van der Waals surface area contributed by atoms with Crippen molar-refractivity contribution in [3.63, 3.8) is 0 Å². The van der Waals surface area contributed by atoms with Crippen LogP contribution in [0.15, 0.2) is 60.8 Å². The summed E-state index contributed by atoms with van der Waals surface area (Å²) in [6.45, 7) is 2.74. The molecular weight excluding hydrogens is 376 g/mol. The van der Waals surface area contributed by atoms with Gasteiger partial charge in [0.2, 0.25) is 0 Å². The maximum absolute atomic E-state index is 13.1. The van der Waals surface area contributed by atoms with Gasteiger partial charge in [-0.1, -0.05) is 30.3 Å². The van der Waals surface area contributed by atoms with E-state index in [1.165, 1.54) is 12.8 Å². The van der Waals surface area contributed by atoms with Crippen LogP contribution in [0.25, 0.3) is 16.9 Å². The molecule has 1 saturated carbocycles. The number of carbonyl (C=O) groups is 1. The van der Waals surface area contributed by atoms with Crippen molar-refractivity contribution in [2.75, 3.05) is 20.7 Å². The number of amides is 1.